The molecular formula is C9H15N3OS. The van der Waals surface area contributed by atoms with Crippen LogP contribution in [0.4, 0.5) is 0 Å². The molecule has 4 nitrogen and oxygen atoms in total. The zero-order valence-electron chi connectivity index (χ0n) is 8.08. The summed E-state index contributed by atoms with van der Waals surface area (Å²) in [6, 6.07) is 2.33. The van der Waals surface area contributed by atoms with Crippen molar-refractivity contribution in [2.45, 2.75) is 18.9 Å². The lowest BCUT2D eigenvalue weighted by molar-refractivity contribution is -0.120. The molecule has 1 aliphatic rings. The van der Waals surface area contributed by atoms with Gasteiger partial charge in [0.15, 0.2) is 0 Å². The van der Waals surface area contributed by atoms with Gasteiger partial charge in [-0.3, -0.25) is 4.79 Å². The molecule has 1 rings (SSSR count). The van der Waals surface area contributed by atoms with E-state index in [0.717, 1.165) is 12.2 Å². The second kappa shape index (κ2) is 6.68. The van der Waals surface area contributed by atoms with Crippen molar-refractivity contribution in [3.63, 3.8) is 0 Å². The van der Waals surface area contributed by atoms with E-state index in [0.29, 0.717) is 12.6 Å². The summed E-state index contributed by atoms with van der Waals surface area (Å²) in [5.74, 6) is 2.23. The van der Waals surface area contributed by atoms with E-state index in [1.165, 1.54) is 12.2 Å². The molecule has 1 atom stereocenters. The van der Waals surface area contributed by atoms with Crippen molar-refractivity contribution in [2.24, 2.45) is 0 Å². The second-order valence-corrected chi connectivity index (χ2v) is 4.38. The average molecular weight is 213 g/mol. The Morgan fingerprint density at radius 3 is 3.14 bits per heavy atom. The zero-order chi connectivity index (χ0) is 10.2. The molecule has 1 aliphatic heterocycles. The first-order valence-electron chi connectivity index (χ1n) is 4.77. The fraction of sp³-hybridized carbons (Fsp3) is 0.778. The minimum atomic E-state index is -0.0953. The van der Waals surface area contributed by atoms with Crippen LogP contribution < -0.4 is 10.6 Å². The predicted octanol–water partition coefficient (Wildman–Crippen LogP) is 0.111. The van der Waals surface area contributed by atoms with Gasteiger partial charge in [0.1, 0.15) is 6.54 Å². The molecule has 1 fully saturated rings. The van der Waals surface area contributed by atoms with Gasteiger partial charge in [0.25, 0.3) is 0 Å². The molecular weight excluding hydrogens is 198 g/mol. The highest BCUT2D eigenvalue weighted by molar-refractivity contribution is 7.99. The van der Waals surface area contributed by atoms with E-state index in [1.54, 1.807) is 0 Å². The van der Waals surface area contributed by atoms with Crippen LogP contribution in [0.1, 0.15) is 12.8 Å². The van der Waals surface area contributed by atoms with Gasteiger partial charge in [0.05, 0.1) is 12.6 Å². The van der Waals surface area contributed by atoms with Crippen LogP contribution in [0.5, 0.6) is 0 Å². The molecule has 5 heteroatoms. The Morgan fingerprint density at radius 2 is 2.50 bits per heavy atom. The summed E-state index contributed by atoms with van der Waals surface area (Å²) in [4.78, 5) is 11.1. The molecule has 78 valence electrons. The van der Waals surface area contributed by atoms with Crippen molar-refractivity contribution in [1.82, 2.24) is 10.6 Å². The fourth-order valence-electron chi connectivity index (χ4n) is 1.34. The van der Waals surface area contributed by atoms with Crippen LogP contribution in [0, 0.1) is 11.3 Å². The lowest BCUT2D eigenvalue weighted by Gasteiger charge is -2.22. The van der Waals surface area contributed by atoms with Crippen LogP contribution in [-0.4, -0.2) is 36.5 Å². The second-order valence-electron chi connectivity index (χ2n) is 3.23. The summed E-state index contributed by atoms with van der Waals surface area (Å²) in [5.41, 5.74) is 0. The first-order valence-corrected chi connectivity index (χ1v) is 5.93. The van der Waals surface area contributed by atoms with E-state index in [9.17, 15) is 4.79 Å². The van der Waals surface area contributed by atoms with Gasteiger partial charge >= 0.3 is 0 Å². The molecule has 0 aromatic rings. The Kier molecular flexibility index (Phi) is 5.42. The molecule has 1 amide bonds. The largest absolute Gasteiger partial charge is 0.342 e. The van der Waals surface area contributed by atoms with E-state index < -0.39 is 0 Å². The molecule has 1 heterocycles. The highest BCUT2D eigenvalue weighted by atomic mass is 32.2. The maximum absolute atomic E-state index is 11.1. The van der Waals surface area contributed by atoms with E-state index in [1.807, 2.05) is 17.8 Å². The third kappa shape index (κ3) is 4.49. The number of carbonyl (C=O) groups excluding carboxylic acids is 1. The molecule has 0 spiro atoms. The SMILES string of the molecule is N#CCNC(=O)CNC1CCCSC1. The Morgan fingerprint density at radius 1 is 1.64 bits per heavy atom. The summed E-state index contributed by atoms with van der Waals surface area (Å²) >= 11 is 1.93. The fourth-order valence-corrected chi connectivity index (χ4v) is 2.45. The molecule has 14 heavy (non-hydrogen) atoms. The van der Waals surface area contributed by atoms with Crippen molar-refractivity contribution in [2.75, 3.05) is 24.6 Å². The average Bonchev–Trinajstić information content (AvgIpc) is 2.25. The zero-order valence-corrected chi connectivity index (χ0v) is 8.90. The van der Waals surface area contributed by atoms with E-state index >= 15 is 0 Å². The maximum atomic E-state index is 11.1. The third-order valence-corrected chi connectivity index (χ3v) is 3.29. The Bertz CT molecular complexity index is 221. The normalized spacial score (nSPS) is 21.2. The van der Waals surface area contributed by atoms with Gasteiger partial charge in [0.2, 0.25) is 5.91 Å². The molecule has 0 radical (unpaired) electrons. The van der Waals surface area contributed by atoms with Crippen LogP contribution >= 0.6 is 11.8 Å². The lowest BCUT2D eigenvalue weighted by atomic mass is 10.2. The number of amides is 1. The molecule has 0 aliphatic carbocycles. The Balaban J connectivity index is 2.07. The van der Waals surface area contributed by atoms with Gasteiger partial charge in [0, 0.05) is 11.8 Å². The summed E-state index contributed by atoms with van der Waals surface area (Å²) in [6.07, 6.45) is 2.38. The van der Waals surface area contributed by atoms with Crippen molar-refractivity contribution in [3.8, 4) is 6.07 Å². The highest BCUT2D eigenvalue weighted by Gasteiger charge is 2.13. The van der Waals surface area contributed by atoms with Crippen molar-refractivity contribution in [1.29, 1.82) is 5.26 Å². The van der Waals surface area contributed by atoms with E-state index in [2.05, 4.69) is 10.6 Å². The number of nitrogens with one attached hydrogen (secondary N) is 2. The summed E-state index contributed by atoms with van der Waals surface area (Å²) in [5, 5.41) is 13.9. The van der Waals surface area contributed by atoms with Crippen molar-refractivity contribution in [3.05, 3.63) is 0 Å². The van der Waals surface area contributed by atoms with Crippen LogP contribution in [0.3, 0.4) is 0 Å². The first kappa shape index (κ1) is 11.3. The molecule has 0 aromatic heterocycles. The van der Waals surface area contributed by atoms with Gasteiger partial charge in [-0.2, -0.15) is 17.0 Å². The van der Waals surface area contributed by atoms with Crippen LogP contribution in [0.2, 0.25) is 0 Å². The van der Waals surface area contributed by atoms with Crippen LogP contribution in [0.25, 0.3) is 0 Å². The number of nitrogens with zero attached hydrogens (tertiary/aromatic N) is 1. The minimum Gasteiger partial charge on any atom is -0.342 e. The number of nitriles is 1. The van der Waals surface area contributed by atoms with Gasteiger partial charge < -0.3 is 10.6 Å². The number of rotatable bonds is 4. The van der Waals surface area contributed by atoms with Crippen molar-refractivity contribution >= 4 is 17.7 Å². The standard InChI is InChI=1S/C9H15N3OS/c10-3-4-11-9(13)6-12-8-2-1-5-14-7-8/h8,12H,1-2,4-7H2,(H,11,13). The van der Waals surface area contributed by atoms with E-state index in [4.69, 9.17) is 5.26 Å². The molecule has 0 bridgehead atoms. The topological polar surface area (TPSA) is 64.9 Å². The third-order valence-electron chi connectivity index (χ3n) is 2.08. The Labute approximate surface area is 88.4 Å². The quantitative estimate of drug-likeness (QED) is 0.651. The highest BCUT2D eigenvalue weighted by Crippen LogP contribution is 2.16. The molecule has 0 saturated carbocycles. The number of hydrogen-bond donors (Lipinski definition) is 2. The summed E-state index contributed by atoms with van der Waals surface area (Å²) in [6.45, 7) is 0.423. The predicted molar refractivity (Wildman–Crippen MR) is 57.0 cm³/mol. The molecule has 1 saturated heterocycles. The molecule has 0 aromatic carbocycles. The number of hydrogen-bond acceptors (Lipinski definition) is 4. The van der Waals surface area contributed by atoms with Gasteiger partial charge in [-0.15, -0.1) is 0 Å². The number of carbonyl (C=O) groups is 1. The van der Waals surface area contributed by atoms with Crippen LogP contribution in [0.15, 0.2) is 0 Å². The molecule has 2 N–H and O–H groups in total. The summed E-state index contributed by atoms with van der Waals surface area (Å²) in [7, 11) is 0. The van der Waals surface area contributed by atoms with Gasteiger partial charge in [-0.25, -0.2) is 0 Å². The van der Waals surface area contributed by atoms with Gasteiger partial charge in [-0.1, -0.05) is 0 Å². The summed E-state index contributed by atoms with van der Waals surface area (Å²) < 4.78 is 0. The maximum Gasteiger partial charge on any atom is 0.234 e. The molecule has 1 unspecified atom stereocenters. The van der Waals surface area contributed by atoms with Gasteiger partial charge in [-0.05, 0) is 18.6 Å². The van der Waals surface area contributed by atoms with Crippen LogP contribution in [-0.2, 0) is 4.79 Å². The number of thioether (sulfide) groups is 1. The van der Waals surface area contributed by atoms with Crippen molar-refractivity contribution < 1.29 is 4.79 Å². The van der Waals surface area contributed by atoms with E-state index in [-0.39, 0.29) is 12.5 Å². The smallest absolute Gasteiger partial charge is 0.234 e. The Hall–Kier alpha value is -0.730. The first-order chi connectivity index (χ1) is 6.83. The monoisotopic (exact) mass is 213 g/mol. The minimum absolute atomic E-state index is 0.0953. The lowest BCUT2D eigenvalue weighted by Crippen LogP contribution is -2.41.